The fourth-order valence-electron chi connectivity index (χ4n) is 3.70. The summed E-state index contributed by atoms with van der Waals surface area (Å²) in [7, 11) is 1.65. The summed E-state index contributed by atoms with van der Waals surface area (Å²) in [5.74, 6) is 2.30. The van der Waals surface area contributed by atoms with Gasteiger partial charge >= 0.3 is 0 Å². The molecule has 7 heteroatoms. The van der Waals surface area contributed by atoms with E-state index in [0.29, 0.717) is 24.4 Å². The molecule has 1 amide bonds. The number of ether oxygens (including phenoxy) is 1. The van der Waals surface area contributed by atoms with Crippen LogP contribution < -0.4 is 20.3 Å². The lowest BCUT2D eigenvalue weighted by Crippen LogP contribution is -2.48. The smallest absolute Gasteiger partial charge is 0.227 e. The molecule has 4 rings (SSSR count). The van der Waals surface area contributed by atoms with Gasteiger partial charge in [0.2, 0.25) is 11.9 Å². The Labute approximate surface area is 165 Å². The first kappa shape index (κ1) is 18.5. The largest absolute Gasteiger partial charge is 0.495 e. The minimum absolute atomic E-state index is 0.00350. The van der Waals surface area contributed by atoms with Crippen molar-refractivity contribution in [2.24, 2.45) is 5.92 Å². The van der Waals surface area contributed by atoms with E-state index in [9.17, 15) is 4.79 Å². The number of nitrogens with one attached hydrogen (secondary N) is 2. The Hall–Kier alpha value is -2.83. The minimum atomic E-state index is 0.00350. The molecule has 1 aromatic carbocycles. The number of methoxy groups -OCH3 is 1. The van der Waals surface area contributed by atoms with E-state index >= 15 is 0 Å². The molecule has 2 N–H and O–H groups in total. The van der Waals surface area contributed by atoms with Crippen LogP contribution in [0.4, 0.5) is 17.5 Å². The highest BCUT2D eigenvalue weighted by Gasteiger charge is 2.29. The fourth-order valence-corrected chi connectivity index (χ4v) is 3.70. The molecular formula is C21H27N5O2. The summed E-state index contributed by atoms with van der Waals surface area (Å²) < 4.78 is 5.39. The molecule has 28 heavy (non-hydrogen) atoms. The van der Waals surface area contributed by atoms with Crippen LogP contribution in [0.1, 0.15) is 32.1 Å². The number of aromatic nitrogens is 2. The summed E-state index contributed by atoms with van der Waals surface area (Å²) in [5, 5.41) is 6.48. The van der Waals surface area contributed by atoms with Crippen molar-refractivity contribution in [2.75, 3.05) is 30.4 Å². The van der Waals surface area contributed by atoms with Crippen LogP contribution in [0.2, 0.25) is 0 Å². The molecule has 1 atom stereocenters. The average Bonchev–Trinajstić information content (AvgIpc) is 2.71. The third-order valence-corrected chi connectivity index (χ3v) is 5.54. The van der Waals surface area contributed by atoms with E-state index in [2.05, 4.69) is 25.5 Å². The minimum Gasteiger partial charge on any atom is -0.495 e. The standard InChI is InChI=1S/C21H27N5O2/c1-28-18-10-3-2-9-17(18)24-19-11-12-22-21(25-19)26-13-5-6-15(14-26)20(27)23-16-7-4-8-16/h2-3,9-12,15-16H,4-8,13-14H2,1H3,(H,23,27)(H,22,24,25). The Bertz CT molecular complexity index is 824. The van der Waals surface area contributed by atoms with Gasteiger partial charge in [-0.1, -0.05) is 12.1 Å². The van der Waals surface area contributed by atoms with E-state index in [4.69, 9.17) is 4.74 Å². The molecule has 2 fully saturated rings. The molecule has 0 bridgehead atoms. The van der Waals surface area contributed by atoms with Gasteiger partial charge < -0.3 is 20.3 Å². The lowest BCUT2D eigenvalue weighted by molar-refractivity contribution is -0.126. The van der Waals surface area contributed by atoms with Gasteiger partial charge in [0.15, 0.2) is 0 Å². The van der Waals surface area contributed by atoms with E-state index in [1.165, 1.54) is 6.42 Å². The van der Waals surface area contributed by atoms with Crippen LogP contribution in [-0.2, 0) is 4.79 Å². The molecular weight excluding hydrogens is 354 g/mol. The predicted octanol–water partition coefficient (Wildman–Crippen LogP) is 3.11. The molecule has 1 saturated carbocycles. The summed E-state index contributed by atoms with van der Waals surface area (Å²) in [4.78, 5) is 23.8. The lowest BCUT2D eigenvalue weighted by atomic mass is 9.91. The van der Waals surface area contributed by atoms with Crippen molar-refractivity contribution in [1.82, 2.24) is 15.3 Å². The maximum Gasteiger partial charge on any atom is 0.227 e. The van der Waals surface area contributed by atoms with Gasteiger partial charge in [-0.2, -0.15) is 4.98 Å². The number of carbonyl (C=O) groups is 1. The number of para-hydroxylation sites is 2. The third kappa shape index (κ3) is 4.18. The number of hydrogen-bond donors (Lipinski definition) is 2. The van der Waals surface area contributed by atoms with Crippen LogP contribution in [0.3, 0.4) is 0 Å². The second-order valence-corrected chi connectivity index (χ2v) is 7.49. The molecule has 1 unspecified atom stereocenters. The van der Waals surface area contributed by atoms with Gasteiger partial charge in [-0.05, 0) is 50.3 Å². The quantitative estimate of drug-likeness (QED) is 0.800. The molecule has 2 heterocycles. The van der Waals surface area contributed by atoms with Crippen LogP contribution in [0.15, 0.2) is 36.5 Å². The van der Waals surface area contributed by atoms with Gasteiger partial charge in [-0.25, -0.2) is 4.98 Å². The van der Waals surface area contributed by atoms with E-state index in [0.717, 1.165) is 43.7 Å². The number of carbonyl (C=O) groups excluding carboxylic acids is 1. The zero-order valence-corrected chi connectivity index (χ0v) is 16.2. The van der Waals surface area contributed by atoms with Crippen molar-refractivity contribution in [2.45, 2.75) is 38.1 Å². The Morgan fingerprint density at radius 3 is 2.82 bits per heavy atom. The normalized spacial score (nSPS) is 19.6. The first-order chi connectivity index (χ1) is 13.7. The lowest BCUT2D eigenvalue weighted by Gasteiger charge is -2.34. The number of piperidine rings is 1. The number of benzene rings is 1. The second kappa shape index (κ2) is 8.46. The van der Waals surface area contributed by atoms with Gasteiger partial charge in [0.05, 0.1) is 18.7 Å². The van der Waals surface area contributed by atoms with Crippen molar-refractivity contribution in [3.8, 4) is 5.75 Å². The molecule has 2 aromatic rings. The van der Waals surface area contributed by atoms with Gasteiger partial charge in [0.1, 0.15) is 11.6 Å². The van der Waals surface area contributed by atoms with Gasteiger partial charge in [0, 0.05) is 25.3 Å². The molecule has 0 spiro atoms. The van der Waals surface area contributed by atoms with Gasteiger partial charge in [0.25, 0.3) is 0 Å². The molecule has 1 aliphatic carbocycles. The number of nitrogens with zero attached hydrogens (tertiary/aromatic N) is 3. The fraction of sp³-hybridized carbons (Fsp3) is 0.476. The summed E-state index contributed by atoms with van der Waals surface area (Å²) in [6.45, 7) is 1.53. The van der Waals surface area contributed by atoms with E-state index in [1.807, 2.05) is 30.3 Å². The summed E-state index contributed by atoms with van der Waals surface area (Å²) in [6, 6.07) is 9.94. The Morgan fingerprint density at radius 2 is 2.04 bits per heavy atom. The van der Waals surface area contributed by atoms with E-state index < -0.39 is 0 Å². The van der Waals surface area contributed by atoms with Crippen LogP contribution in [0.5, 0.6) is 5.75 Å². The maximum atomic E-state index is 12.6. The zero-order valence-electron chi connectivity index (χ0n) is 16.2. The number of rotatable bonds is 6. The Morgan fingerprint density at radius 1 is 1.18 bits per heavy atom. The topological polar surface area (TPSA) is 79.4 Å². The molecule has 7 nitrogen and oxygen atoms in total. The van der Waals surface area contributed by atoms with Crippen LogP contribution in [-0.4, -0.2) is 42.1 Å². The van der Waals surface area contributed by atoms with Crippen molar-refractivity contribution < 1.29 is 9.53 Å². The van der Waals surface area contributed by atoms with Crippen LogP contribution in [0, 0.1) is 5.92 Å². The Balaban J connectivity index is 1.43. The SMILES string of the molecule is COc1ccccc1Nc1ccnc(N2CCCC(C(=O)NC3CCC3)C2)n1. The monoisotopic (exact) mass is 381 g/mol. The number of anilines is 3. The highest BCUT2D eigenvalue weighted by Crippen LogP contribution is 2.28. The summed E-state index contributed by atoms with van der Waals surface area (Å²) in [5.41, 5.74) is 0.853. The van der Waals surface area contributed by atoms with Crippen LogP contribution in [0.25, 0.3) is 0 Å². The van der Waals surface area contributed by atoms with E-state index in [1.54, 1.807) is 13.3 Å². The van der Waals surface area contributed by atoms with Crippen LogP contribution >= 0.6 is 0 Å². The second-order valence-electron chi connectivity index (χ2n) is 7.49. The molecule has 0 radical (unpaired) electrons. The first-order valence-electron chi connectivity index (χ1n) is 10.0. The molecule has 2 aliphatic rings. The highest BCUT2D eigenvalue weighted by atomic mass is 16.5. The van der Waals surface area contributed by atoms with Crippen molar-refractivity contribution >= 4 is 23.4 Å². The van der Waals surface area contributed by atoms with Crippen molar-refractivity contribution in [3.05, 3.63) is 36.5 Å². The van der Waals surface area contributed by atoms with Crippen molar-refractivity contribution in [3.63, 3.8) is 0 Å². The summed E-state index contributed by atoms with van der Waals surface area (Å²) in [6.07, 6.45) is 7.09. The number of amides is 1. The van der Waals surface area contributed by atoms with Gasteiger partial charge in [-0.15, -0.1) is 0 Å². The first-order valence-corrected chi connectivity index (χ1v) is 10.0. The van der Waals surface area contributed by atoms with E-state index in [-0.39, 0.29) is 11.8 Å². The molecule has 1 saturated heterocycles. The molecule has 1 aliphatic heterocycles. The third-order valence-electron chi connectivity index (χ3n) is 5.54. The Kier molecular flexibility index (Phi) is 5.60. The molecule has 148 valence electrons. The molecule has 1 aromatic heterocycles. The predicted molar refractivity (Wildman–Crippen MR) is 109 cm³/mol. The zero-order chi connectivity index (χ0) is 19.3. The highest BCUT2D eigenvalue weighted by molar-refractivity contribution is 5.80. The van der Waals surface area contributed by atoms with Gasteiger partial charge in [-0.3, -0.25) is 4.79 Å². The maximum absolute atomic E-state index is 12.6. The number of hydrogen-bond acceptors (Lipinski definition) is 6. The average molecular weight is 381 g/mol. The summed E-state index contributed by atoms with van der Waals surface area (Å²) >= 11 is 0. The van der Waals surface area contributed by atoms with Crippen molar-refractivity contribution in [1.29, 1.82) is 0 Å².